The molecule has 1 aliphatic heterocycles. The first-order chi connectivity index (χ1) is 15.3. The van der Waals surface area contributed by atoms with Crippen molar-refractivity contribution in [2.45, 2.75) is 20.3 Å². The van der Waals surface area contributed by atoms with E-state index >= 15 is 0 Å². The number of aryl methyl sites for hydroxylation is 2. The highest BCUT2D eigenvalue weighted by Gasteiger charge is 2.35. The van der Waals surface area contributed by atoms with Crippen LogP contribution in [0.5, 0.6) is 0 Å². The summed E-state index contributed by atoms with van der Waals surface area (Å²) in [5.74, 6) is -1.14. The van der Waals surface area contributed by atoms with E-state index in [1.807, 2.05) is 26.0 Å². The van der Waals surface area contributed by atoms with E-state index in [9.17, 15) is 14.4 Å². The van der Waals surface area contributed by atoms with E-state index in [0.29, 0.717) is 28.5 Å². The molecule has 1 aliphatic rings. The predicted molar refractivity (Wildman–Crippen MR) is 125 cm³/mol. The van der Waals surface area contributed by atoms with Gasteiger partial charge in [-0.1, -0.05) is 17.7 Å². The highest BCUT2D eigenvalue weighted by atomic mass is 35.5. The Morgan fingerprint density at radius 1 is 1.00 bits per heavy atom. The normalized spacial score (nSPS) is 15.7. The number of aromatic nitrogens is 1. The molecule has 0 radical (unpaired) electrons. The van der Waals surface area contributed by atoms with Gasteiger partial charge in [-0.15, -0.1) is 0 Å². The topological polar surface area (TPSA) is 83.4 Å². The maximum absolute atomic E-state index is 12.8. The number of hydrogen-bond acceptors (Lipinski definition) is 3. The van der Waals surface area contributed by atoms with Gasteiger partial charge >= 0.3 is 0 Å². The first-order valence-electron chi connectivity index (χ1n) is 10.2. The van der Waals surface area contributed by atoms with Crippen LogP contribution in [0, 0.1) is 19.8 Å². The molecule has 1 atom stereocenters. The maximum atomic E-state index is 12.8. The Bertz CT molecular complexity index is 1170. The Hall–Kier alpha value is -3.58. The zero-order chi connectivity index (χ0) is 22.8. The van der Waals surface area contributed by atoms with Gasteiger partial charge in [0.25, 0.3) is 5.91 Å². The molecule has 0 aliphatic carbocycles. The SMILES string of the molecule is Cc1ccc(C)n1NC(=O)c1cccc(NC(=O)[C@@H]2CC(=O)N(c3ccc(Cl)cc3)C2)c1. The van der Waals surface area contributed by atoms with Gasteiger partial charge in [0.2, 0.25) is 11.8 Å². The standard InChI is InChI=1S/C24H23ClN4O3/c1-15-6-7-16(2)29(15)27-24(32)17-4-3-5-20(12-17)26-23(31)18-13-22(30)28(14-18)21-10-8-19(25)9-11-21/h3-12,18H,13-14H2,1-2H3,(H,26,31)(H,27,32)/t18-/m1/s1. The van der Waals surface area contributed by atoms with Crippen LogP contribution in [0.25, 0.3) is 0 Å². The van der Waals surface area contributed by atoms with Gasteiger partial charge in [-0.25, -0.2) is 0 Å². The molecule has 2 heterocycles. The minimum atomic E-state index is -0.485. The first kappa shape index (κ1) is 21.6. The van der Waals surface area contributed by atoms with E-state index < -0.39 is 5.92 Å². The molecule has 4 rings (SSSR count). The van der Waals surface area contributed by atoms with Gasteiger partial charge in [-0.05, 0) is 68.4 Å². The van der Waals surface area contributed by atoms with Crippen molar-refractivity contribution in [3.8, 4) is 0 Å². The van der Waals surface area contributed by atoms with Gasteiger partial charge in [-0.3, -0.25) is 24.5 Å². The third-order valence-electron chi connectivity index (χ3n) is 5.51. The van der Waals surface area contributed by atoms with Crippen LogP contribution >= 0.6 is 11.6 Å². The van der Waals surface area contributed by atoms with Crippen molar-refractivity contribution < 1.29 is 14.4 Å². The predicted octanol–water partition coefficient (Wildman–Crippen LogP) is 4.13. The smallest absolute Gasteiger partial charge is 0.270 e. The second-order valence-corrected chi connectivity index (χ2v) is 8.28. The molecule has 32 heavy (non-hydrogen) atoms. The van der Waals surface area contributed by atoms with Crippen LogP contribution in [0.2, 0.25) is 5.02 Å². The van der Waals surface area contributed by atoms with Crippen molar-refractivity contribution in [1.29, 1.82) is 0 Å². The highest BCUT2D eigenvalue weighted by molar-refractivity contribution is 6.30. The van der Waals surface area contributed by atoms with Crippen molar-refractivity contribution in [2.24, 2.45) is 5.92 Å². The number of hydrogen-bond donors (Lipinski definition) is 2. The van der Waals surface area contributed by atoms with Crippen LogP contribution < -0.4 is 15.6 Å². The number of amides is 3. The quantitative estimate of drug-likeness (QED) is 0.613. The van der Waals surface area contributed by atoms with Crippen molar-refractivity contribution in [3.63, 3.8) is 0 Å². The molecule has 0 unspecified atom stereocenters. The third-order valence-corrected chi connectivity index (χ3v) is 5.76. The molecule has 1 saturated heterocycles. The fraction of sp³-hybridized carbons (Fsp3) is 0.208. The largest absolute Gasteiger partial charge is 0.326 e. The van der Waals surface area contributed by atoms with E-state index in [-0.39, 0.29) is 24.1 Å². The summed E-state index contributed by atoms with van der Waals surface area (Å²) in [7, 11) is 0. The van der Waals surface area contributed by atoms with Crippen LogP contribution in [0.4, 0.5) is 11.4 Å². The van der Waals surface area contributed by atoms with Crippen LogP contribution in [0.3, 0.4) is 0 Å². The zero-order valence-electron chi connectivity index (χ0n) is 17.8. The van der Waals surface area contributed by atoms with E-state index in [1.54, 1.807) is 58.1 Å². The molecule has 0 saturated carbocycles. The molecule has 0 bridgehead atoms. The third kappa shape index (κ3) is 4.53. The Kier molecular flexibility index (Phi) is 6.01. The molecule has 2 aromatic carbocycles. The number of halogens is 1. The summed E-state index contributed by atoms with van der Waals surface area (Å²) in [6.45, 7) is 4.10. The average Bonchev–Trinajstić information content (AvgIpc) is 3.31. The highest BCUT2D eigenvalue weighted by Crippen LogP contribution is 2.27. The lowest BCUT2D eigenvalue weighted by Crippen LogP contribution is -2.28. The van der Waals surface area contributed by atoms with Crippen molar-refractivity contribution >= 4 is 40.7 Å². The van der Waals surface area contributed by atoms with Crippen molar-refractivity contribution in [3.05, 3.63) is 82.6 Å². The summed E-state index contributed by atoms with van der Waals surface area (Å²) in [4.78, 5) is 39.5. The van der Waals surface area contributed by atoms with Gasteiger partial charge in [0.05, 0.1) is 5.92 Å². The molecule has 1 fully saturated rings. The maximum Gasteiger partial charge on any atom is 0.270 e. The number of carbonyl (C=O) groups excluding carboxylic acids is 3. The molecule has 3 aromatic rings. The van der Waals surface area contributed by atoms with E-state index in [0.717, 1.165) is 11.4 Å². The summed E-state index contributed by atoms with van der Waals surface area (Å²) in [6.07, 6.45) is 0.126. The molecule has 1 aromatic heterocycles. The lowest BCUT2D eigenvalue weighted by molar-refractivity contribution is -0.122. The lowest BCUT2D eigenvalue weighted by atomic mass is 10.1. The number of nitrogens with one attached hydrogen (secondary N) is 2. The van der Waals surface area contributed by atoms with E-state index in [2.05, 4.69) is 10.7 Å². The molecule has 7 nitrogen and oxygen atoms in total. The number of rotatable bonds is 5. The van der Waals surface area contributed by atoms with E-state index in [1.165, 1.54) is 0 Å². The summed E-state index contributed by atoms with van der Waals surface area (Å²) in [6, 6.07) is 17.5. The Morgan fingerprint density at radius 3 is 2.38 bits per heavy atom. The number of nitrogens with zero attached hydrogens (tertiary/aromatic N) is 2. The fourth-order valence-electron chi connectivity index (χ4n) is 3.75. The summed E-state index contributed by atoms with van der Waals surface area (Å²) in [5, 5.41) is 3.42. The van der Waals surface area contributed by atoms with Gasteiger partial charge < -0.3 is 10.2 Å². The number of benzene rings is 2. The first-order valence-corrected chi connectivity index (χ1v) is 10.6. The Labute approximate surface area is 190 Å². The minimum absolute atomic E-state index is 0.113. The molecular formula is C24H23ClN4O3. The number of carbonyl (C=O) groups is 3. The number of anilines is 2. The fourth-order valence-corrected chi connectivity index (χ4v) is 3.87. The molecule has 2 N–H and O–H groups in total. The van der Waals surface area contributed by atoms with Crippen molar-refractivity contribution in [2.75, 3.05) is 22.2 Å². The van der Waals surface area contributed by atoms with Gasteiger partial charge in [-0.2, -0.15) is 0 Å². The van der Waals surface area contributed by atoms with Crippen LogP contribution in [-0.4, -0.2) is 28.9 Å². The van der Waals surface area contributed by atoms with Gasteiger partial charge in [0, 0.05) is 46.3 Å². The minimum Gasteiger partial charge on any atom is -0.326 e. The zero-order valence-corrected chi connectivity index (χ0v) is 18.5. The summed E-state index contributed by atoms with van der Waals surface area (Å²) >= 11 is 5.92. The Balaban J connectivity index is 1.42. The molecular weight excluding hydrogens is 428 g/mol. The molecule has 0 spiro atoms. The summed E-state index contributed by atoms with van der Waals surface area (Å²) in [5.41, 5.74) is 6.31. The van der Waals surface area contributed by atoms with Crippen molar-refractivity contribution in [1.82, 2.24) is 4.68 Å². The molecule has 3 amide bonds. The lowest BCUT2D eigenvalue weighted by Gasteiger charge is -2.17. The van der Waals surface area contributed by atoms with Crippen LogP contribution in [0.15, 0.2) is 60.7 Å². The second kappa shape index (κ2) is 8.88. The monoisotopic (exact) mass is 450 g/mol. The molecule has 8 heteroatoms. The molecule has 164 valence electrons. The van der Waals surface area contributed by atoms with Gasteiger partial charge in [0.15, 0.2) is 0 Å². The average molecular weight is 451 g/mol. The Morgan fingerprint density at radius 2 is 1.69 bits per heavy atom. The van der Waals surface area contributed by atoms with Gasteiger partial charge in [0.1, 0.15) is 0 Å². The summed E-state index contributed by atoms with van der Waals surface area (Å²) < 4.78 is 1.71. The van der Waals surface area contributed by atoms with E-state index in [4.69, 9.17) is 11.6 Å². The van der Waals surface area contributed by atoms with Crippen LogP contribution in [-0.2, 0) is 9.59 Å². The second-order valence-electron chi connectivity index (χ2n) is 7.84. The van der Waals surface area contributed by atoms with Crippen LogP contribution in [0.1, 0.15) is 28.2 Å².